The van der Waals surface area contributed by atoms with Gasteiger partial charge in [0, 0.05) is 12.1 Å². The SMILES string of the molecule is N[C@H](Cc1ccccc1)[C@H](O)[C@H](N)Cc1ccc2ccccc2c1. The van der Waals surface area contributed by atoms with E-state index in [-0.39, 0.29) is 12.1 Å². The van der Waals surface area contributed by atoms with Crippen LogP contribution in [0.15, 0.2) is 72.8 Å². The molecule has 0 saturated carbocycles. The van der Waals surface area contributed by atoms with Gasteiger partial charge in [-0.3, -0.25) is 0 Å². The Hall–Kier alpha value is -2.20. The lowest BCUT2D eigenvalue weighted by Gasteiger charge is -2.25. The minimum atomic E-state index is -0.739. The highest BCUT2D eigenvalue weighted by atomic mass is 16.3. The summed E-state index contributed by atoms with van der Waals surface area (Å²) in [6, 6.07) is 23.7. The van der Waals surface area contributed by atoms with Gasteiger partial charge in [-0.2, -0.15) is 0 Å². The molecule has 0 spiro atoms. The molecule has 0 aliphatic rings. The first-order valence-corrected chi connectivity index (χ1v) is 8.34. The minimum Gasteiger partial charge on any atom is -0.390 e. The number of hydrogen-bond acceptors (Lipinski definition) is 3. The van der Waals surface area contributed by atoms with Crippen molar-refractivity contribution in [2.24, 2.45) is 11.5 Å². The number of rotatable bonds is 6. The van der Waals surface area contributed by atoms with E-state index >= 15 is 0 Å². The highest BCUT2D eigenvalue weighted by Crippen LogP contribution is 2.17. The van der Waals surface area contributed by atoms with E-state index in [1.807, 2.05) is 42.5 Å². The van der Waals surface area contributed by atoms with Crippen molar-refractivity contribution in [1.82, 2.24) is 0 Å². The van der Waals surface area contributed by atoms with Gasteiger partial charge in [-0.05, 0) is 34.7 Å². The van der Waals surface area contributed by atoms with E-state index in [0.29, 0.717) is 12.8 Å². The number of hydrogen-bond donors (Lipinski definition) is 3. The van der Waals surface area contributed by atoms with Crippen LogP contribution in [0.1, 0.15) is 11.1 Å². The van der Waals surface area contributed by atoms with Gasteiger partial charge in [-0.1, -0.05) is 72.8 Å². The van der Waals surface area contributed by atoms with Crippen LogP contribution in [-0.2, 0) is 12.8 Å². The molecule has 3 rings (SSSR count). The fourth-order valence-corrected chi connectivity index (χ4v) is 3.08. The molecule has 0 bridgehead atoms. The topological polar surface area (TPSA) is 72.3 Å². The average molecular weight is 320 g/mol. The van der Waals surface area contributed by atoms with Crippen LogP contribution in [0, 0.1) is 0 Å². The second kappa shape index (κ2) is 7.58. The quantitative estimate of drug-likeness (QED) is 0.654. The van der Waals surface area contributed by atoms with E-state index < -0.39 is 6.10 Å². The van der Waals surface area contributed by atoms with E-state index in [9.17, 15) is 5.11 Å². The Labute approximate surface area is 142 Å². The zero-order valence-corrected chi connectivity index (χ0v) is 13.7. The third-order valence-electron chi connectivity index (χ3n) is 4.48. The molecular formula is C21H24N2O. The molecule has 3 atom stereocenters. The van der Waals surface area contributed by atoms with Crippen LogP contribution in [0.2, 0.25) is 0 Å². The lowest BCUT2D eigenvalue weighted by Crippen LogP contribution is -2.49. The summed E-state index contributed by atoms with van der Waals surface area (Å²) in [6.45, 7) is 0. The summed E-state index contributed by atoms with van der Waals surface area (Å²) in [5.41, 5.74) is 14.6. The van der Waals surface area contributed by atoms with Crippen molar-refractivity contribution in [2.75, 3.05) is 0 Å². The second-order valence-electron chi connectivity index (χ2n) is 6.39. The van der Waals surface area contributed by atoms with Gasteiger partial charge in [0.05, 0.1) is 6.10 Å². The fourth-order valence-electron chi connectivity index (χ4n) is 3.08. The van der Waals surface area contributed by atoms with Crippen molar-refractivity contribution in [3.05, 3.63) is 83.9 Å². The van der Waals surface area contributed by atoms with Crippen LogP contribution >= 0.6 is 0 Å². The molecule has 0 fully saturated rings. The monoisotopic (exact) mass is 320 g/mol. The van der Waals surface area contributed by atoms with E-state index in [4.69, 9.17) is 11.5 Å². The number of benzene rings is 3. The van der Waals surface area contributed by atoms with Gasteiger partial charge in [0.15, 0.2) is 0 Å². The van der Waals surface area contributed by atoms with Crippen molar-refractivity contribution in [2.45, 2.75) is 31.0 Å². The molecule has 0 radical (unpaired) electrons. The van der Waals surface area contributed by atoms with Gasteiger partial charge >= 0.3 is 0 Å². The van der Waals surface area contributed by atoms with Crippen molar-refractivity contribution in [3.63, 3.8) is 0 Å². The highest BCUT2D eigenvalue weighted by molar-refractivity contribution is 5.83. The summed E-state index contributed by atoms with van der Waals surface area (Å²) < 4.78 is 0. The van der Waals surface area contributed by atoms with E-state index in [0.717, 1.165) is 11.1 Å². The summed E-state index contributed by atoms with van der Waals surface area (Å²) in [5, 5.41) is 12.9. The van der Waals surface area contributed by atoms with Crippen molar-refractivity contribution < 1.29 is 5.11 Å². The van der Waals surface area contributed by atoms with E-state index in [1.165, 1.54) is 10.8 Å². The third kappa shape index (κ3) is 4.01. The molecule has 0 aliphatic carbocycles. The van der Waals surface area contributed by atoms with Gasteiger partial charge < -0.3 is 16.6 Å². The zero-order valence-electron chi connectivity index (χ0n) is 13.7. The predicted molar refractivity (Wildman–Crippen MR) is 99.8 cm³/mol. The van der Waals surface area contributed by atoms with Gasteiger partial charge in [0.2, 0.25) is 0 Å². The van der Waals surface area contributed by atoms with Crippen LogP contribution in [0.25, 0.3) is 10.8 Å². The van der Waals surface area contributed by atoms with Gasteiger partial charge in [0.25, 0.3) is 0 Å². The van der Waals surface area contributed by atoms with Crippen LogP contribution in [0.5, 0.6) is 0 Å². The molecule has 0 aromatic heterocycles. The largest absolute Gasteiger partial charge is 0.390 e. The zero-order chi connectivity index (χ0) is 16.9. The first kappa shape index (κ1) is 16.7. The maximum Gasteiger partial charge on any atom is 0.0848 e. The Bertz CT molecular complexity index is 788. The summed E-state index contributed by atoms with van der Waals surface area (Å²) in [7, 11) is 0. The Morgan fingerprint density at radius 3 is 1.96 bits per heavy atom. The molecule has 0 amide bonds. The van der Waals surface area contributed by atoms with Crippen molar-refractivity contribution in [3.8, 4) is 0 Å². The smallest absolute Gasteiger partial charge is 0.0848 e. The summed E-state index contributed by atoms with van der Waals surface area (Å²) >= 11 is 0. The molecule has 0 saturated heterocycles. The summed E-state index contributed by atoms with van der Waals surface area (Å²) in [4.78, 5) is 0. The number of nitrogens with two attached hydrogens (primary N) is 2. The van der Waals surface area contributed by atoms with Crippen LogP contribution < -0.4 is 11.5 Å². The molecule has 24 heavy (non-hydrogen) atoms. The van der Waals surface area contributed by atoms with E-state index in [1.54, 1.807) is 0 Å². The summed E-state index contributed by atoms with van der Waals surface area (Å²) in [5.74, 6) is 0. The molecule has 3 nitrogen and oxygen atoms in total. The molecule has 5 N–H and O–H groups in total. The normalized spacial score (nSPS) is 15.1. The summed E-state index contributed by atoms with van der Waals surface area (Å²) in [6.07, 6.45) is 0.485. The maximum absolute atomic E-state index is 10.5. The first-order chi connectivity index (χ1) is 11.6. The number of aliphatic hydroxyl groups is 1. The van der Waals surface area contributed by atoms with Gasteiger partial charge in [-0.25, -0.2) is 0 Å². The van der Waals surface area contributed by atoms with Gasteiger partial charge in [0.1, 0.15) is 0 Å². The van der Waals surface area contributed by atoms with Crippen LogP contribution in [-0.4, -0.2) is 23.3 Å². The molecular weight excluding hydrogens is 296 g/mol. The average Bonchev–Trinajstić information content (AvgIpc) is 2.61. The molecule has 3 heteroatoms. The first-order valence-electron chi connectivity index (χ1n) is 8.34. The Balaban J connectivity index is 1.65. The molecule has 0 heterocycles. The van der Waals surface area contributed by atoms with Gasteiger partial charge in [-0.15, -0.1) is 0 Å². The van der Waals surface area contributed by atoms with Crippen molar-refractivity contribution in [1.29, 1.82) is 0 Å². The standard InChI is InChI=1S/C21H24N2O/c22-19(13-15-6-2-1-3-7-15)21(24)20(23)14-16-10-11-17-8-4-5-9-18(17)12-16/h1-12,19-21,24H,13-14,22-23H2/t19-,20-,21+/m1/s1. The molecule has 124 valence electrons. The minimum absolute atomic E-state index is 0.372. The Kier molecular flexibility index (Phi) is 5.26. The second-order valence-corrected chi connectivity index (χ2v) is 6.39. The van der Waals surface area contributed by atoms with E-state index in [2.05, 4.69) is 30.3 Å². The lowest BCUT2D eigenvalue weighted by molar-refractivity contribution is 0.116. The fraction of sp³-hybridized carbons (Fsp3) is 0.238. The van der Waals surface area contributed by atoms with Crippen LogP contribution in [0.3, 0.4) is 0 Å². The third-order valence-corrected chi connectivity index (χ3v) is 4.48. The van der Waals surface area contributed by atoms with Crippen LogP contribution in [0.4, 0.5) is 0 Å². The molecule has 3 aromatic carbocycles. The number of fused-ring (bicyclic) bond motifs is 1. The Morgan fingerprint density at radius 1 is 0.667 bits per heavy atom. The Morgan fingerprint density at radius 2 is 1.25 bits per heavy atom. The lowest BCUT2D eigenvalue weighted by atomic mass is 9.93. The van der Waals surface area contributed by atoms with Crippen molar-refractivity contribution >= 4 is 10.8 Å². The molecule has 0 unspecified atom stereocenters. The molecule has 0 aliphatic heterocycles. The number of aliphatic hydroxyl groups excluding tert-OH is 1. The molecule has 3 aromatic rings. The highest BCUT2D eigenvalue weighted by Gasteiger charge is 2.22. The maximum atomic E-state index is 10.5. The predicted octanol–water partition coefficient (Wildman–Crippen LogP) is 2.64.